The van der Waals surface area contributed by atoms with Crippen molar-refractivity contribution in [3.05, 3.63) is 80.9 Å². The molecule has 0 bridgehead atoms. The summed E-state index contributed by atoms with van der Waals surface area (Å²) >= 11 is 0.919. The van der Waals surface area contributed by atoms with Gasteiger partial charge in [0.05, 0.1) is 36.6 Å². The second kappa shape index (κ2) is 10.6. The molecule has 0 spiro atoms. The number of aryl methyl sites for hydroxylation is 1. The first kappa shape index (κ1) is 27.1. The summed E-state index contributed by atoms with van der Waals surface area (Å²) in [5.41, 5.74) is 2.14. The summed E-state index contributed by atoms with van der Waals surface area (Å²) in [6.45, 7) is 5.38. The van der Waals surface area contributed by atoms with E-state index in [0.717, 1.165) is 16.9 Å². The van der Waals surface area contributed by atoms with Crippen molar-refractivity contribution in [2.45, 2.75) is 39.3 Å². The molecule has 1 saturated heterocycles. The number of benzene rings is 2. The number of carbonyl (C=O) groups is 4. The van der Waals surface area contributed by atoms with E-state index in [2.05, 4.69) is 4.98 Å². The molecule has 206 valence electrons. The Labute approximate surface area is 233 Å². The fourth-order valence-electron chi connectivity index (χ4n) is 4.86. The summed E-state index contributed by atoms with van der Waals surface area (Å²) in [4.78, 5) is 57.3. The lowest BCUT2D eigenvalue weighted by molar-refractivity contribution is -0.132. The van der Waals surface area contributed by atoms with Crippen LogP contribution in [-0.2, 0) is 25.5 Å². The first-order valence-corrected chi connectivity index (χ1v) is 13.4. The van der Waals surface area contributed by atoms with E-state index in [4.69, 9.17) is 14.2 Å². The number of hydrogen-bond donors (Lipinski definition) is 1. The molecule has 11 heteroatoms. The lowest BCUT2D eigenvalue weighted by atomic mass is 9.94. The Balaban J connectivity index is 1.66. The van der Waals surface area contributed by atoms with Gasteiger partial charge < -0.3 is 19.3 Å². The minimum Gasteiger partial charge on any atom is -0.507 e. The zero-order chi connectivity index (χ0) is 28.7. The Bertz CT molecular complexity index is 1570. The van der Waals surface area contributed by atoms with E-state index in [9.17, 15) is 24.3 Å². The summed E-state index contributed by atoms with van der Waals surface area (Å²) in [5, 5.41) is 11.6. The van der Waals surface area contributed by atoms with Crippen LogP contribution in [0.15, 0.2) is 48.0 Å². The van der Waals surface area contributed by atoms with Gasteiger partial charge in [-0.1, -0.05) is 23.5 Å². The predicted octanol–water partition coefficient (Wildman–Crippen LogP) is 4.36. The van der Waals surface area contributed by atoms with Crippen molar-refractivity contribution in [1.29, 1.82) is 0 Å². The molecule has 1 fully saturated rings. The average Bonchev–Trinajstić information content (AvgIpc) is 3.59. The minimum atomic E-state index is -1.09. The number of hydrogen-bond acceptors (Lipinski definition) is 10. The molecule has 1 aromatic heterocycles. The topological polar surface area (TPSA) is 132 Å². The van der Waals surface area contributed by atoms with Crippen molar-refractivity contribution < 1.29 is 38.5 Å². The van der Waals surface area contributed by atoms with Crippen molar-refractivity contribution in [3.8, 4) is 5.75 Å². The van der Waals surface area contributed by atoms with Crippen molar-refractivity contribution in [2.75, 3.05) is 18.6 Å². The van der Waals surface area contributed by atoms with Crippen LogP contribution in [0, 0.1) is 6.92 Å². The zero-order valence-electron chi connectivity index (χ0n) is 22.2. The number of ether oxygens (including phenoxy) is 3. The molecule has 0 saturated carbocycles. The molecule has 0 unspecified atom stereocenters. The van der Waals surface area contributed by atoms with E-state index in [-0.39, 0.29) is 39.6 Å². The number of aliphatic hydroxyl groups is 1. The standard InChI is InChI=1S/C29H26N2O8S/c1-5-38-28(36)25-15(3)30-29(40-25)31-22(16-6-8-17(9-7-16)27(35)37-4)21(24(33)26(31)34)23(32)18-10-11-20-19(13-18)12-14(2)39-20/h6-11,13-14,22,32H,5,12H2,1-4H3/t14-,22-/m0/s1. The number of esters is 2. The van der Waals surface area contributed by atoms with Gasteiger partial charge in [0.15, 0.2) is 5.13 Å². The minimum absolute atomic E-state index is 0.0203. The van der Waals surface area contributed by atoms with Crippen LogP contribution >= 0.6 is 11.3 Å². The van der Waals surface area contributed by atoms with Crippen molar-refractivity contribution >= 4 is 45.9 Å². The van der Waals surface area contributed by atoms with Crippen LogP contribution < -0.4 is 9.64 Å². The van der Waals surface area contributed by atoms with Crippen LogP contribution in [0.3, 0.4) is 0 Å². The second-order valence-corrected chi connectivity index (χ2v) is 10.3. The Hall–Kier alpha value is -4.51. The number of rotatable bonds is 6. The van der Waals surface area contributed by atoms with E-state index < -0.39 is 29.7 Å². The zero-order valence-corrected chi connectivity index (χ0v) is 23.0. The predicted molar refractivity (Wildman–Crippen MR) is 146 cm³/mol. The first-order valence-electron chi connectivity index (χ1n) is 12.6. The molecule has 2 atom stereocenters. The highest BCUT2D eigenvalue weighted by Crippen LogP contribution is 2.44. The first-order chi connectivity index (χ1) is 19.1. The SMILES string of the molecule is CCOC(=O)c1sc(N2C(=O)C(=O)C(=C(O)c3ccc4c(c3)C[C@H](C)O4)[C@@H]2c2ccc(C(=O)OC)cc2)nc1C. The third-order valence-electron chi connectivity index (χ3n) is 6.71. The number of Topliss-reactive ketones (excluding diaryl/α,β-unsaturated/α-hetero) is 1. The fourth-order valence-corrected chi connectivity index (χ4v) is 5.85. The molecule has 10 nitrogen and oxygen atoms in total. The Kier molecular flexibility index (Phi) is 7.16. The normalized spacial score (nSPS) is 19.4. The highest BCUT2D eigenvalue weighted by Gasteiger charge is 2.48. The molecule has 0 aliphatic carbocycles. The maximum atomic E-state index is 13.5. The number of nitrogens with zero attached hydrogens (tertiary/aromatic N) is 2. The van der Waals surface area contributed by atoms with Gasteiger partial charge in [-0.25, -0.2) is 14.6 Å². The maximum Gasteiger partial charge on any atom is 0.350 e. The molecule has 2 aliphatic heterocycles. The van der Waals surface area contributed by atoms with Gasteiger partial charge in [0.1, 0.15) is 22.5 Å². The van der Waals surface area contributed by atoms with Gasteiger partial charge in [-0.2, -0.15) is 0 Å². The number of aliphatic hydroxyl groups excluding tert-OH is 1. The van der Waals surface area contributed by atoms with Gasteiger partial charge in [-0.15, -0.1) is 0 Å². The molecule has 3 heterocycles. The summed E-state index contributed by atoms with van der Waals surface area (Å²) in [6, 6.07) is 10.2. The molecule has 0 radical (unpaired) electrons. The maximum absolute atomic E-state index is 13.5. The molecular formula is C29H26N2O8S. The molecule has 5 rings (SSSR count). The second-order valence-electron chi connectivity index (χ2n) is 9.37. The van der Waals surface area contributed by atoms with Crippen LogP contribution in [0.4, 0.5) is 5.13 Å². The van der Waals surface area contributed by atoms with Crippen LogP contribution in [0.2, 0.25) is 0 Å². The van der Waals surface area contributed by atoms with E-state index in [1.165, 1.54) is 24.1 Å². The smallest absolute Gasteiger partial charge is 0.350 e. The summed E-state index contributed by atoms with van der Waals surface area (Å²) in [6.07, 6.45) is 0.617. The van der Waals surface area contributed by atoms with Gasteiger partial charge in [-0.05, 0) is 62.2 Å². The monoisotopic (exact) mass is 562 g/mol. The van der Waals surface area contributed by atoms with Gasteiger partial charge in [0.2, 0.25) is 0 Å². The van der Waals surface area contributed by atoms with E-state index >= 15 is 0 Å². The van der Waals surface area contributed by atoms with E-state index in [0.29, 0.717) is 29.0 Å². The van der Waals surface area contributed by atoms with Crippen molar-refractivity contribution in [2.24, 2.45) is 0 Å². The van der Waals surface area contributed by atoms with Gasteiger partial charge in [0.25, 0.3) is 5.78 Å². The average molecular weight is 563 g/mol. The van der Waals surface area contributed by atoms with Gasteiger partial charge >= 0.3 is 17.8 Å². The third kappa shape index (κ3) is 4.62. The molecule has 2 aromatic carbocycles. The molecule has 40 heavy (non-hydrogen) atoms. The molecular weight excluding hydrogens is 536 g/mol. The van der Waals surface area contributed by atoms with Crippen molar-refractivity contribution in [3.63, 3.8) is 0 Å². The summed E-state index contributed by atoms with van der Waals surface area (Å²) in [5.74, 6) is -2.62. The number of methoxy groups -OCH3 is 1. The number of amides is 1. The largest absolute Gasteiger partial charge is 0.507 e. The molecule has 1 N–H and O–H groups in total. The van der Waals surface area contributed by atoms with Gasteiger partial charge in [0, 0.05) is 12.0 Å². The number of aromatic nitrogens is 1. The number of anilines is 1. The quantitative estimate of drug-likeness (QED) is 0.201. The molecule has 2 aliphatic rings. The van der Waals surface area contributed by atoms with Crippen LogP contribution in [0.1, 0.15) is 62.3 Å². The van der Waals surface area contributed by atoms with E-state index in [1.807, 2.05) is 6.92 Å². The Morgan fingerprint density at radius 3 is 2.50 bits per heavy atom. The van der Waals surface area contributed by atoms with Crippen LogP contribution in [-0.4, -0.2) is 53.5 Å². The number of carbonyl (C=O) groups excluding carboxylic acids is 4. The van der Waals surface area contributed by atoms with Crippen LogP contribution in [0.25, 0.3) is 5.76 Å². The highest BCUT2D eigenvalue weighted by molar-refractivity contribution is 7.17. The fraction of sp³-hybridized carbons (Fsp3) is 0.276. The lowest BCUT2D eigenvalue weighted by Gasteiger charge is -2.23. The number of fused-ring (bicyclic) bond motifs is 1. The number of thiazole rings is 1. The molecule has 1 amide bonds. The highest BCUT2D eigenvalue weighted by atomic mass is 32.1. The Morgan fingerprint density at radius 1 is 1.12 bits per heavy atom. The number of ketones is 1. The van der Waals surface area contributed by atoms with E-state index in [1.54, 1.807) is 44.2 Å². The summed E-state index contributed by atoms with van der Waals surface area (Å²) in [7, 11) is 1.26. The molecule has 3 aromatic rings. The Morgan fingerprint density at radius 2 is 1.82 bits per heavy atom. The van der Waals surface area contributed by atoms with Gasteiger partial charge in [-0.3, -0.25) is 14.5 Å². The van der Waals surface area contributed by atoms with Crippen molar-refractivity contribution in [1.82, 2.24) is 4.98 Å². The third-order valence-corrected chi connectivity index (χ3v) is 7.85. The summed E-state index contributed by atoms with van der Waals surface area (Å²) < 4.78 is 15.6. The lowest BCUT2D eigenvalue weighted by Crippen LogP contribution is -2.29. The van der Waals surface area contributed by atoms with Crippen LogP contribution in [0.5, 0.6) is 5.75 Å².